The number of methoxy groups -OCH3 is 1. The van der Waals surface area contributed by atoms with Gasteiger partial charge in [0.05, 0.1) is 17.9 Å². The van der Waals surface area contributed by atoms with Crippen LogP contribution in [0.5, 0.6) is 0 Å². The van der Waals surface area contributed by atoms with Crippen LogP contribution in [0, 0.1) is 0 Å². The predicted molar refractivity (Wildman–Crippen MR) is 91.9 cm³/mol. The van der Waals surface area contributed by atoms with Crippen LogP contribution in [0.15, 0.2) is 46.9 Å². The molecule has 3 heterocycles. The van der Waals surface area contributed by atoms with E-state index in [1.165, 1.54) is 0 Å². The lowest BCUT2D eigenvalue weighted by molar-refractivity contribution is 0.0692. The van der Waals surface area contributed by atoms with E-state index in [4.69, 9.17) is 9.15 Å². The molecule has 0 radical (unpaired) electrons. The van der Waals surface area contributed by atoms with E-state index >= 15 is 0 Å². The average molecular weight is 337 g/mol. The number of fused-ring (bicyclic) bond motifs is 1. The molecule has 1 aromatic carbocycles. The summed E-state index contributed by atoms with van der Waals surface area (Å²) in [6.07, 6.45) is 0.732. The minimum atomic E-state index is -0.108. The molecule has 0 saturated heterocycles. The minimum Gasteiger partial charge on any atom is -0.453 e. The predicted octanol–water partition coefficient (Wildman–Crippen LogP) is 3.01. The number of aromatic amines is 1. The topological polar surface area (TPSA) is 71.4 Å². The van der Waals surface area contributed by atoms with Gasteiger partial charge in [-0.1, -0.05) is 30.3 Å². The van der Waals surface area contributed by atoms with Crippen molar-refractivity contribution >= 4 is 5.91 Å². The first-order valence-electron chi connectivity index (χ1n) is 8.24. The number of carbonyl (C=O) groups is 1. The summed E-state index contributed by atoms with van der Waals surface area (Å²) in [5, 5.41) is 0. The number of furan rings is 1. The number of hydrogen-bond donors (Lipinski definition) is 1. The maximum absolute atomic E-state index is 12.7. The number of ether oxygens (including phenoxy) is 1. The molecule has 0 spiro atoms. The molecule has 3 aromatic rings. The van der Waals surface area contributed by atoms with Crippen molar-refractivity contribution < 1.29 is 13.9 Å². The average Bonchev–Trinajstić information content (AvgIpc) is 3.28. The second-order valence-electron chi connectivity index (χ2n) is 6.05. The van der Waals surface area contributed by atoms with Crippen LogP contribution < -0.4 is 0 Å². The first-order valence-corrected chi connectivity index (χ1v) is 8.24. The Balaban J connectivity index is 1.52. The molecule has 4 rings (SSSR count). The summed E-state index contributed by atoms with van der Waals surface area (Å²) in [4.78, 5) is 22.5. The Hall–Kier alpha value is -2.86. The van der Waals surface area contributed by atoms with Gasteiger partial charge >= 0.3 is 0 Å². The number of nitrogens with zero attached hydrogens (tertiary/aromatic N) is 2. The third-order valence-corrected chi connectivity index (χ3v) is 4.33. The highest BCUT2D eigenvalue weighted by molar-refractivity contribution is 5.91. The molecule has 0 unspecified atom stereocenters. The molecule has 0 atom stereocenters. The molecule has 1 N–H and O–H groups in total. The van der Waals surface area contributed by atoms with Crippen molar-refractivity contribution in [2.75, 3.05) is 13.7 Å². The van der Waals surface area contributed by atoms with E-state index in [2.05, 4.69) is 9.97 Å². The fourth-order valence-electron chi connectivity index (χ4n) is 3.07. The largest absolute Gasteiger partial charge is 0.453 e. The number of nitrogens with one attached hydrogen (secondary N) is 1. The number of aromatic nitrogens is 2. The highest BCUT2D eigenvalue weighted by Crippen LogP contribution is 2.24. The van der Waals surface area contributed by atoms with Crippen molar-refractivity contribution in [1.82, 2.24) is 14.9 Å². The Morgan fingerprint density at radius 1 is 1.28 bits per heavy atom. The molecule has 128 valence electrons. The number of rotatable bonds is 4. The van der Waals surface area contributed by atoms with Gasteiger partial charge in [0.2, 0.25) is 0 Å². The monoisotopic (exact) mass is 337 g/mol. The molecule has 0 bridgehead atoms. The van der Waals surface area contributed by atoms with Crippen LogP contribution in [0.3, 0.4) is 0 Å². The van der Waals surface area contributed by atoms with Gasteiger partial charge in [0.1, 0.15) is 18.2 Å². The van der Waals surface area contributed by atoms with E-state index in [1.54, 1.807) is 24.1 Å². The fraction of sp³-hybridized carbons (Fsp3) is 0.263. The van der Waals surface area contributed by atoms with Crippen molar-refractivity contribution in [2.45, 2.75) is 19.6 Å². The first kappa shape index (κ1) is 15.7. The molecule has 1 aliphatic heterocycles. The van der Waals surface area contributed by atoms with Gasteiger partial charge in [-0.25, -0.2) is 4.98 Å². The number of hydrogen-bond acceptors (Lipinski definition) is 4. The molecule has 0 aliphatic carbocycles. The van der Waals surface area contributed by atoms with Crippen molar-refractivity contribution in [2.24, 2.45) is 0 Å². The van der Waals surface area contributed by atoms with Gasteiger partial charge in [-0.2, -0.15) is 0 Å². The minimum absolute atomic E-state index is 0.108. The van der Waals surface area contributed by atoms with E-state index in [0.717, 1.165) is 29.2 Å². The first-order chi connectivity index (χ1) is 12.2. The van der Waals surface area contributed by atoms with Gasteiger partial charge in [-0.15, -0.1) is 0 Å². The normalized spacial score (nSPS) is 13.7. The summed E-state index contributed by atoms with van der Waals surface area (Å²) in [6.45, 7) is 1.50. The summed E-state index contributed by atoms with van der Waals surface area (Å²) in [5.74, 6) is 1.74. The lowest BCUT2D eigenvalue weighted by Gasteiger charge is -2.25. The maximum atomic E-state index is 12.7. The molecule has 0 fully saturated rings. The van der Waals surface area contributed by atoms with Crippen LogP contribution >= 0.6 is 0 Å². The van der Waals surface area contributed by atoms with Gasteiger partial charge in [-0.3, -0.25) is 4.79 Å². The van der Waals surface area contributed by atoms with Gasteiger partial charge in [0.25, 0.3) is 5.91 Å². The maximum Gasteiger partial charge on any atom is 0.289 e. The SMILES string of the molecule is COCc1ccc(C(=O)N2CCc3nc(-c4ccccc4)[nH]c3C2)o1. The molecule has 2 aromatic heterocycles. The number of imidazole rings is 1. The third kappa shape index (κ3) is 3.08. The van der Waals surface area contributed by atoms with E-state index in [0.29, 0.717) is 31.2 Å². The van der Waals surface area contributed by atoms with E-state index in [-0.39, 0.29) is 5.91 Å². The number of H-pyrrole nitrogens is 1. The Kier molecular flexibility index (Phi) is 4.11. The third-order valence-electron chi connectivity index (χ3n) is 4.33. The van der Waals surface area contributed by atoms with Gasteiger partial charge in [0.15, 0.2) is 5.76 Å². The smallest absolute Gasteiger partial charge is 0.289 e. The summed E-state index contributed by atoms with van der Waals surface area (Å²) < 4.78 is 10.6. The van der Waals surface area contributed by atoms with Crippen LogP contribution in [0.4, 0.5) is 0 Å². The van der Waals surface area contributed by atoms with Crippen molar-refractivity contribution in [3.63, 3.8) is 0 Å². The number of amides is 1. The van der Waals surface area contributed by atoms with Crippen LogP contribution in [-0.4, -0.2) is 34.4 Å². The molecule has 1 aliphatic rings. The number of carbonyl (C=O) groups excluding carboxylic acids is 1. The Morgan fingerprint density at radius 2 is 2.12 bits per heavy atom. The zero-order chi connectivity index (χ0) is 17.2. The summed E-state index contributed by atoms with van der Waals surface area (Å²) >= 11 is 0. The second kappa shape index (κ2) is 6.57. The van der Waals surface area contributed by atoms with Crippen LogP contribution in [0.2, 0.25) is 0 Å². The van der Waals surface area contributed by atoms with E-state index in [9.17, 15) is 4.79 Å². The summed E-state index contributed by atoms with van der Waals surface area (Å²) in [5.41, 5.74) is 3.06. The highest BCUT2D eigenvalue weighted by Gasteiger charge is 2.26. The number of benzene rings is 1. The van der Waals surface area contributed by atoms with E-state index < -0.39 is 0 Å². The standard InChI is InChI=1S/C19H19N3O3/c1-24-12-14-7-8-17(25-14)19(23)22-10-9-15-16(11-22)21-18(20-15)13-5-3-2-4-6-13/h2-8H,9-12H2,1H3,(H,20,21). The Morgan fingerprint density at radius 3 is 2.92 bits per heavy atom. The van der Waals surface area contributed by atoms with Crippen molar-refractivity contribution in [3.8, 4) is 11.4 Å². The Labute approximate surface area is 145 Å². The molecular weight excluding hydrogens is 318 g/mol. The molecule has 1 amide bonds. The zero-order valence-corrected chi connectivity index (χ0v) is 14.0. The van der Waals surface area contributed by atoms with Crippen LogP contribution in [-0.2, 0) is 24.3 Å². The Bertz CT molecular complexity index is 882. The summed E-state index contributed by atoms with van der Waals surface area (Å²) in [7, 11) is 1.60. The van der Waals surface area contributed by atoms with Crippen LogP contribution in [0.1, 0.15) is 27.7 Å². The van der Waals surface area contributed by atoms with Crippen molar-refractivity contribution in [3.05, 3.63) is 65.4 Å². The molecular formula is C19H19N3O3. The quantitative estimate of drug-likeness (QED) is 0.794. The van der Waals surface area contributed by atoms with Crippen LogP contribution in [0.25, 0.3) is 11.4 Å². The fourth-order valence-corrected chi connectivity index (χ4v) is 3.07. The molecule has 0 saturated carbocycles. The molecule has 25 heavy (non-hydrogen) atoms. The van der Waals surface area contributed by atoms with E-state index in [1.807, 2.05) is 30.3 Å². The lowest BCUT2D eigenvalue weighted by Crippen LogP contribution is -2.35. The summed E-state index contributed by atoms with van der Waals surface area (Å²) in [6, 6.07) is 13.5. The van der Waals surface area contributed by atoms with Crippen molar-refractivity contribution in [1.29, 1.82) is 0 Å². The lowest BCUT2D eigenvalue weighted by atomic mass is 10.1. The molecule has 6 heteroatoms. The van der Waals surface area contributed by atoms with Gasteiger partial charge < -0.3 is 19.0 Å². The highest BCUT2D eigenvalue weighted by atomic mass is 16.5. The van der Waals surface area contributed by atoms with Gasteiger partial charge in [-0.05, 0) is 12.1 Å². The molecule has 6 nitrogen and oxygen atoms in total. The van der Waals surface area contributed by atoms with Gasteiger partial charge in [0, 0.05) is 25.6 Å². The second-order valence-corrected chi connectivity index (χ2v) is 6.05. The zero-order valence-electron chi connectivity index (χ0n) is 14.0.